The Hall–Kier alpha value is -2.48. The van der Waals surface area contributed by atoms with E-state index in [0.717, 1.165) is 24.0 Å². The van der Waals surface area contributed by atoms with Crippen molar-refractivity contribution in [3.8, 4) is 0 Å². The van der Waals surface area contributed by atoms with Crippen molar-refractivity contribution in [2.24, 2.45) is 29.6 Å². The van der Waals surface area contributed by atoms with Gasteiger partial charge in [-0.1, -0.05) is 45.4 Å². The fraction of sp³-hybridized carbons (Fsp3) is 0.805. The van der Waals surface area contributed by atoms with E-state index in [1.807, 2.05) is 26.8 Å². The third-order valence-electron chi connectivity index (χ3n) is 12.1. The Morgan fingerprint density at radius 3 is 2.30 bits per heavy atom. The normalized spacial score (nSPS) is 39.4. The van der Waals surface area contributed by atoms with Crippen LogP contribution in [0.1, 0.15) is 106 Å². The van der Waals surface area contributed by atoms with Crippen LogP contribution < -0.4 is 0 Å². The van der Waals surface area contributed by atoms with Crippen LogP contribution in [0.2, 0.25) is 0 Å². The lowest BCUT2D eigenvalue weighted by atomic mass is 9.82. The number of Topliss-reactive ketones (excluding diaryl/α,β-unsaturated/α-hetero) is 2. The number of fused-ring (bicyclic) bond motifs is 3. The van der Waals surface area contributed by atoms with Crippen molar-refractivity contribution in [2.45, 2.75) is 148 Å². The number of allylic oxidation sites excluding steroid dienone is 3. The average Bonchev–Trinajstić information content (AvgIpc) is 3.14. The molecule has 0 aromatic rings. The number of aliphatic hydroxyl groups is 2. The van der Waals surface area contributed by atoms with Gasteiger partial charge in [0.1, 0.15) is 24.0 Å². The molecule has 0 spiro atoms. The highest BCUT2D eigenvalue weighted by Crippen LogP contribution is 2.39. The lowest BCUT2D eigenvalue weighted by Crippen LogP contribution is -2.64. The topological polar surface area (TPSA) is 158 Å². The number of cyclic esters (lactones) is 1. The minimum Gasteiger partial charge on any atom is -0.456 e. The number of ether oxygens (including phenoxy) is 5. The summed E-state index contributed by atoms with van der Waals surface area (Å²) in [6.07, 6.45) is 4.95. The zero-order valence-electron chi connectivity index (χ0n) is 33.2. The number of carbonyl (C=O) groups is 4. The van der Waals surface area contributed by atoms with E-state index in [4.69, 9.17) is 23.7 Å². The monoisotopic (exact) mass is 747 g/mol. The van der Waals surface area contributed by atoms with Gasteiger partial charge in [-0.15, -0.1) is 0 Å². The van der Waals surface area contributed by atoms with Gasteiger partial charge in [0.05, 0.1) is 18.3 Å². The van der Waals surface area contributed by atoms with E-state index < -0.39 is 77.8 Å². The van der Waals surface area contributed by atoms with Crippen molar-refractivity contribution in [2.75, 3.05) is 34.0 Å². The first-order chi connectivity index (χ1) is 25.1. The number of aliphatic hydroxyl groups excluding tert-OH is 1. The molecule has 2 N–H and O–H groups in total. The molecule has 0 aliphatic carbocycles. The fourth-order valence-electron chi connectivity index (χ4n) is 8.72. The molecule has 4 aliphatic rings. The van der Waals surface area contributed by atoms with Gasteiger partial charge in [-0.2, -0.15) is 0 Å². The lowest BCUT2D eigenvalue weighted by Gasteiger charge is -2.47. The van der Waals surface area contributed by atoms with E-state index in [2.05, 4.69) is 13.0 Å². The summed E-state index contributed by atoms with van der Waals surface area (Å²) < 4.78 is 29.7. The van der Waals surface area contributed by atoms with E-state index in [1.165, 1.54) is 19.1 Å². The average molecular weight is 748 g/mol. The Morgan fingerprint density at radius 2 is 1.66 bits per heavy atom. The molecule has 4 rings (SSSR count). The summed E-state index contributed by atoms with van der Waals surface area (Å²) in [5, 5.41) is 23.5. The molecule has 4 aliphatic heterocycles. The molecule has 11 atom stereocenters. The van der Waals surface area contributed by atoms with Crippen molar-refractivity contribution in [1.82, 2.24) is 4.90 Å². The maximum absolute atomic E-state index is 14.2. The number of piperidine rings is 1. The highest BCUT2D eigenvalue weighted by molar-refractivity contribution is 6.39. The van der Waals surface area contributed by atoms with Crippen LogP contribution in [0.4, 0.5) is 0 Å². The Kier molecular flexibility index (Phi) is 15.8. The van der Waals surface area contributed by atoms with Crippen LogP contribution in [0.3, 0.4) is 0 Å². The number of hydrogen-bond donors (Lipinski definition) is 2. The molecule has 12 heteroatoms. The third kappa shape index (κ3) is 10.4. The van der Waals surface area contributed by atoms with E-state index in [-0.39, 0.29) is 43.4 Å². The van der Waals surface area contributed by atoms with Crippen LogP contribution in [-0.2, 0) is 42.9 Å². The fourth-order valence-corrected chi connectivity index (χ4v) is 8.72. The van der Waals surface area contributed by atoms with Crippen LogP contribution in [0, 0.1) is 29.6 Å². The highest BCUT2D eigenvalue weighted by Gasteiger charge is 2.56. The van der Waals surface area contributed by atoms with Gasteiger partial charge in [0, 0.05) is 58.2 Å². The molecule has 4 heterocycles. The molecule has 0 radical (unpaired) electrons. The van der Waals surface area contributed by atoms with Gasteiger partial charge in [0.25, 0.3) is 11.7 Å². The largest absolute Gasteiger partial charge is 0.456 e. The second-order valence-electron chi connectivity index (χ2n) is 16.2. The predicted molar refractivity (Wildman–Crippen MR) is 197 cm³/mol. The summed E-state index contributed by atoms with van der Waals surface area (Å²) in [5.41, 5.74) is 1.76. The zero-order valence-corrected chi connectivity index (χ0v) is 33.2. The molecule has 300 valence electrons. The second-order valence-corrected chi connectivity index (χ2v) is 16.2. The first-order valence-electron chi connectivity index (χ1n) is 19.8. The van der Waals surface area contributed by atoms with Crippen molar-refractivity contribution in [3.63, 3.8) is 0 Å². The molecule has 0 aromatic carbocycles. The van der Waals surface area contributed by atoms with E-state index in [0.29, 0.717) is 45.3 Å². The maximum Gasteiger partial charge on any atom is 0.329 e. The molecule has 0 unspecified atom stereocenters. The molecule has 0 aromatic heterocycles. The van der Waals surface area contributed by atoms with Gasteiger partial charge < -0.3 is 38.8 Å². The molecule has 3 saturated heterocycles. The van der Waals surface area contributed by atoms with Crippen LogP contribution in [0.15, 0.2) is 23.3 Å². The summed E-state index contributed by atoms with van der Waals surface area (Å²) in [6, 6.07) is -1.09. The Morgan fingerprint density at radius 1 is 1.00 bits per heavy atom. The Labute approximate surface area is 315 Å². The molecule has 0 saturated carbocycles. The number of nitrogens with zero attached hydrogens (tertiary/aromatic N) is 1. The van der Waals surface area contributed by atoms with Crippen molar-refractivity contribution >= 4 is 23.4 Å². The molecule has 3 fully saturated rings. The minimum absolute atomic E-state index is 0.0536. The van der Waals surface area contributed by atoms with Crippen LogP contribution in [0.5, 0.6) is 0 Å². The van der Waals surface area contributed by atoms with Crippen LogP contribution >= 0.6 is 0 Å². The van der Waals surface area contributed by atoms with Gasteiger partial charge in [-0.05, 0) is 89.0 Å². The first kappa shape index (κ1) is 43.3. The van der Waals surface area contributed by atoms with Gasteiger partial charge in [-0.25, -0.2) is 4.79 Å². The van der Waals surface area contributed by atoms with Gasteiger partial charge >= 0.3 is 5.97 Å². The Bertz CT molecular complexity index is 1340. The second kappa shape index (κ2) is 19.4. The van der Waals surface area contributed by atoms with Crippen molar-refractivity contribution in [3.05, 3.63) is 23.3 Å². The molecule has 1 amide bonds. The maximum atomic E-state index is 14.2. The van der Waals surface area contributed by atoms with Crippen molar-refractivity contribution < 1.29 is 53.1 Å². The molecule has 2 bridgehead atoms. The summed E-state index contributed by atoms with van der Waals surface area (Å²) in [4.78, 5) is 57.4. The Balaban J connectivity index is 1.76. The van der Waals surface area contributed by atoms with Crippen LogP contribution in [0.25, 0.3) is 0 Å². The van der Waals surface area contributed by atoms with Gasteiger partial charge in [0.2, 0.25) is 5.79 Å². The van der Waals surface area contributed by atoms with Gasteiger partial charge in [-0.3, -0.25) is 14.4 Å². The molecule has 53 heavy (non-hydrogen) atoms. The van der Waals surface area contributed by atoms with E-state index >= 15 is 0 Å². The highest BCUT2D eigenvalue weighted by atomic mass is 16.7. The number of amides is 1. The zero-order chi connectivity index (χ0) is 39.0. The van der Waals surface area contributed by atoms with Gasteiger partial charge in [0.15, 0.2) is 0 Å². The smallest absolute Gasteiger partial charge is 0.329 e. The number of esters is 1. The first-order valence-corrected chi connectivity index (χ1v) is 19.8. The number of hydrogen-bond acceptors (Lipinski definition) is 11. The van der Waals surface area contributed by atoms with E-state index in [9.17, 15) is 29.4 Å². The third-order valence-corrected chi connectivity index (χ3v) is 12.1. The summed E-state index contributed by atoms with van der Waals surface area (Å²) in [5.74, 6) is -7.03. The molecule has 12 nitrogen and oxygen atoms in total. The SMILES string of the molecule is CC[C@@H]1/C=C(\C)C[C@H](C)C[C@H](OC)[C@H]2O[C@@](O)(C(=O)C(=O)N3CCCC[C@H]3C(=O)O[C@H](/C(C)=C/C3CCOCC3)[C@H](C)[C@@H](O)CC1=O)[C@H](C)C[C@@H]2OC. The number of methoxy groups -OCH3 is 2. The standard InChI is InChI=1S/C41H65NO11/c1-9-30-19-24(2)18-25(3)20-34(49-7)37-35(50-8)22-27(5)41(48,53-37)38(45)39(46)42-15-11-10-12-31(42)40(47)52-36(28(6)32(43)23-33(30)44)26(4)21-29-13-16-51-17-14-29/h19,21,25,27-32,34-37,43,48H,9-18,20,22-23H2,1-8H3/b24-19+,26-21+/t25-,27+,28+,30+,31-,32-,34-,35-,36+,37+,41+/m0/s1. The minimum atomic E-state index is -2.48. The molecular weight excluding hydrogens is 682 g/mol. The molecular formula is C41H65NO11. The number of rotatable bonds is 5. The summed E-state index contributed by atoms with van der Waals surface area (Å²) >= 11 is 0. The van der Waals surface area contributed by atoms with Crippen molar-refractivity contribution in [1.29, 1.82) is 0 Å². The summed E-state index contributed by atoms with van der Waals surface area (Å²) in [6.45, 7) is 12.6. The number of ketones is 2. The quantitative estimate of drug-likeness (QED) is 0.228. The lowest BCUT2D eigenvalue weighted by molar-refractivity contribution is -0.302. The van der Waals surface area contributed by atoms with Crippen LogP contribution in [-0.4, -0.2) is 115 Å². The number of carbonyl (C=O) groups excluding carboxylic acids is 4. The summed E-state index contributed by atoms with van der Waals surface area (Å²) in [7, 11) is 3.08. The predicted octanol–water partition coefficient (Wildman–Crippen LogP) is 4.72. The van der Waals surface area contributed by atoms with E-state index in [1.54, 1.807) is 13.8 Å².